The van der Waals surface area contributed by atoms with Crippen LogP contribution in [0.5, 0.6) is 5.75 Å². The van der Waals surface area contributed by atoms with E-state index in [1.165, 1.54) is 0 Å². The summed E-state index contributed by atoms with van der Waals surface area (Å²) in [6.45, 7) is 4.00. The van der Waals surface area contributed by atoms with Gasteiger partial charge in [-0.25, -0.2) is 0 Å². The monoisotopic (exact) mass is 404 g/mol. The van der Waals surface area contributed by atoms with Crippen molar-refractivity contribution in [1.82, 2.24) is 5.32 Å². The highest BCUT2D eigenvalue weighted by Gasteiger charge is 2.08. The molecule has 2 aromatic rings. The molecular formula is C19H21BrN2O3. The van der Waals surface area contributed by atoms with Gasteiger partial charge in [0, 0.05) is 22.6 Å². The zero-order valence-electron chi connectivity index (χ0n) is 14.2. The molecule has 0 aliphatic heterocycles. The third-order valence-electron chi connectivity index (χ3n) is 3.39. The van der Waals surface area contributed by atoms with Crippen LogP contribution < -0.4 is 15.4 Å². The zero-order valence-corrected chi connectivity index (χ0v) is 15.8. The Morgan fingerprint density at radius 3 is 2.52 bits per heavy atom. The lowest BCUT2D eigenvalue weighted by Gasteiger charge is -2.10. The van der Waals surface area contributed by atoms with Crippen LogP contribution in [0.1, 0.15) is 19.4 Å². The molecule has 2 N–H and O–H groups in total. The maximum atomic E-state index is 11.9. The lowest BCUT2D eigenvalue weighted by molar-refractivity contribution is -0.123. The van der Waals surface area contributed by atoms with E-state index in [1.54, 1.807) is 12.1 Å². The second-order valence-corrected chi connectivity index (χ2v) is 6.78. The number of halogens is 1. The molecule has 0 unspecified atom stereocenters. The van der Waals surface area contributed by atoms with E-state index in [2.05, 4.69) is 26.6 Å². The van der Waals surface area contributed by atoms with Crippen molar-refractivity contribution < 1.29 is 14.3 Å². The van der Waals surface area contributed by atoms with Crippen molar-refractivity contribution in [1.29, 1.82) is 0 Å². The number of carbonyl (C=O) groups is 2. The Kier molecular flexibility index (Phi) is 7.01. The number of anilines is 1. The Morgan fingerprint density at radius 1 is 1.12 bits per heavy atom. The predicted molar refractivity (Wildman–Crippen MR) is 101 cm³/mol. The highest BCUT2D eigenvalue weighted by Crippen LogP contribution is 2.16. The minimum atomic E-state index is -0.209. The van der Waals surface area contributed by atoms with E-state index in [0.29, 0.717) is 12.3 Å². The number of hydrogen-bond acceptors (Lipinski definition) is 3. The highest BCUT2D eigenvalue weighted by molar-refractivity contribution is 9.10. The van der Waals surface area contributed by atoms with Gasteiger partial charge in [-0.1, -0.05) is 41.9 Å². The highest BCUT2D eigenvalue weighted by atomic mass is 79.9. The number of amides is 2. The molecule has 0 bridgehead atoms. The molecule has 2 rings (SSSR count). The fraction of sp³-hybridized carbons (Fsp3) is 0.263. The van der Waals surface area contributed by atoms with Gasteiger partial charge >= 0.3 is 0 Å². The van der Waals surface area contributed by atoms with Gasteiger partial charge in [-0.2, -0.15) is 0 Å². The zero-order chi connectivity index (χ0) is 18.2. The van der Waals surface area contributed by atoms with Crippen LogP contribution in [0, 0.1) is 5.92 Å². The lowest BCUT2D eigenvalue weighted by Crippen LogP contribution is -2.28. The van der Waals surface area contributed by atoms with Crippen molar-refractivity contribution in [3.63, 3.8) is 0 Å². The second kappa shape index (κ2) is 9.22. The SMILES string of the molecule is CC(C)C(=O)Nc1cccc(CNC(=O)COc2ccc(Br)cc2)c1. The summed E-state index contributed by atoms with van der Waals surface area (Å²) in [4.78, 5) is 23.6. The molecule has 0 radical (unpaired) electrons. The quantitative estimate of drug-likeness (QED) is 0.738. The van der Waals surface area contributed by atoms with E-state index in [0.717, 1.165) is 15.7 Å². The normalized spacial score (nSPS) is 10.4. The van der Waals surface area contributed by atoms with E-state index >= 15 is 0 Å². The van der Waals surface area contributed by atoms with Crippen LogP contribution in [0.25, 0.3) is 0 Å². The first kappa shape index (κ1) is 19.0. The minimum Gasteiger partial charge on any atom is -0.484 e. The van der Waals surface area contributed by atoms with Crippen LogP contribution >= 0.6 is 15.9 Å². The largest absolute Gasteiger partial charge is 0.484 e. The first-order chi connectivity index (χ1) is 11.9. The summed E-state index contributed by atoms with van der Waals surface area (Å²) in [6, 6.07) is 14.7. The van der Waals surface area contributed by atoms with Crippen LogP contribution in [-0.2, 0) is 16.1 Å². The van der Waals surface area contributed by atoms with Gasteiger partial charge in [-0.05, 0) is 42.0 Å². The van der Waals surface area contributed by atoms with E-state index in [1.807, 2.05) is 50.2 Å². The van der Waals surface area contributed by atoms with Gasteiger partial charge in [-0.3, -0.25) is 9.59 Å². The van der Waals surface area contributed by atoms with Gasteiger partial charge in [0.25, 0.3) is 5.91 Å². The molecule has 5 nitrogen and oxygen atoms in total. The molecule has 0 aromatic heterocycles. The molecule has 6 heteroatoms. The molecule has 0 saturated carbocycles. The maximum Gasteiger partial charge on any atom is 0.258 e. The van der Waals surface area contributed by atoms with E-state index in [-0.39, 0.29) is 24.3 Å². The summed E-state index contributed by atoms with van der Waals surface area (Å²) < 4.78 is 6.38. The summed E-state index contributed by atoms with van der Waals surface area (Å²) in [5, 5.41) is 5.64. The molecule has 132 valence electrons. The molecule has 0 fully saturated rings. The molecule has 0 atom stereocenters. The summed E-state index contributed by atoms with van der Waals surface area (Å²) in [7, 11) is 0. The molecule has 0 aliphatic rings. The fourth-order valence-corrected chi connectivity index (χ4v) is 2.24. The molecule has 2 amide bonds. The van der Waals surface area contributed by atoms with E-state index < -0.39 is 0 Å². The standard InChI is InChI=1S/C19H21BrN2O3/c1-13(2)19(24)22-16-5-3-4-14(10-16)11-21-18(23)12-25-17-8-6-15(20)7-9-17/h3-10,13H,11-12H2,1-2H3,(H,21,23)(H,22,24). The third-order valence-corrected chi connectivity index (χ3v) is 3.92. The number of hydrogen-bond donors (Lipinski definition) is 2. The smallest absolute Gasteiger partial charge is 0.258 e. The first-order valence-corrected chi connectivity index (χ1v) is 8.78. The lowest BCUT2D eigenvalue weighted by atomic mass is 10.1. The average Bonchev–Trinajstić information content (AvgIpc) is 2.59. The number of benzene rings is 2. The molecule has 25 heavy (non-hydrogen) atoms. The maximum absolute atomic E-state index is 11.9. The molecule has 0 spiro atoms. The minimum absolute atomic E-state index is 0.0379. The Bertz CT molecular complexity index is 730. The first-order valence-electron chi connectivity index (χ1n) is 7.99. The number of rotatable bonds is 7. The number of carbonyl (C=O) groups excluding carboxylic acids is 2. The summed E-state index contributed by atoms with van der Waals surface area (Å²) >= 11 is 3.34. The topological polar surface area (TPSA) is 67.4 Å². The van der Waals surface area contributed by atoms with Gasteiger partial charge in [0.05, 0.1) is 0 Å². The predicted octanol–water partition coefficient (Wildman–Crippen LogP) is 3.74. The number of ether oxygens (including phenoxy) is 1. The molecular weight excluding hydrogens is 384 g/mol. The van der Waals surface area contributed by atoms with Gasteiger partial charge in [0.2, 0.25) is 5.91 Å². The van der Waals surface area contributed by atoms with Gasteiger partial charge in [-0.15, -0.1) is 0 Å². The van der Waals surface area contributed by atoms with Crippen LogP contribution in [0.3, 0.4) is 0 Å². The number of nitrogens with one attached hydrogen (secondary N) is 2. The van der Waals surface area contributed by atoms with Crippen LogP contribution in [0.15, 0.2) is 53.0 Å². The molecule has 0 saturated heterocycles. The molecule has 2 aromatic carbocycles. The van der Waals surface area contributed by atoms with Crippen LogP contribution in [0.4, 0.5) is 5.69 Å². The van der Waals surface area contributed by atoms with E-state index in [9.17, 15) is 9.59 Å². The summed E-state index contributed by atoms with van der Waals surface area (Å²) in [5.41, 5.74) is 1.62. The second-order valence-electron chi connectivity index (χ2n) is 5.86. The molecule has 0 aliphatic carbocycles. The Hall–Kier alpha value is -2.34. The van der Waals surface area contributed by atoms with Crippen LogP contribution in [0.2, 0.25) is 0 Å². The van der Waals surface area contributed by atoms with Crippen LogP contribution in [-0.4, -0.2) is 18.4 Å². The van der Waals surface area contributed by atoms with Gasteiger partial charge in [0.1, 0.15) is 5.75 Å². The average molecular weight is 405 g/mol. The summed E-state index contributed by atoms with van der Waals surface area (Å²) in [5.74, 6) is 0.305. The Labute approximate surface area is 155 Å². The Balaban J connectivity index is 1.81. The van der Waals surface area contributed by atoms with Crippen molar-refractivity contribution in [3.8, 4) is 5.75 Å². The third kappa shape index (κ3) is 6.58. The van der Waals surface area contributed by atoms with Crippen molar-refractivity contribution in [2.45, 2.75) is 20.4 Å². The van der Waals surface area contributed by atoms with Crippen molar-refractivity contribution >= 4 is 33.4 Å². The molecule has 0 heterocycles. The van der Waals surface area contributed by atoms with Crippen molar-refractivity contribution in [2.24, 2.45) is 5.92 Å². The van der Waals surface area contributed by atoms with E-state index in [4.69, 9.17) is 4.74 Å². The van der Waals surface area contributed by atoms with Gasteiger partial charge in [0.15, 0.2) is 6.61 Å². The fourth-order valence-electron chi connectivity index (χ4n) is 1.98. The summed E-state index contributed by atoms with van der Waals surface area (Å²) in [6.07, 6.45) is 0. The van der Waals surface area contributed by atoms with Crippen molar-refractivity contribution in [2.75, 3.05) is 11.9 Å². The van der Waals surface area contributed by atoms with Crippen molar-refractivity contribution in [3.05, 3.63) is 58.6 Å². The Morgan fingerprint density at radius 2 is 1.84 bits per heavy atom. The van der Waals surface area contributed by atoms with Gasteiger partial charge < -0.3 is 15.4 Å².